The molecule has 4 nitrogen and oxygen atoms in total. The van der Waals surface area contributed by atoms with E-state index in [2.05, 4.69) is 31.2 Å². The van der Waals surface area contributed by atoms with Crippen molar-refractivity contribution in [1.82, 2.24) is 0 Å². The van der Waals surface area contributed by atoms with Crippen molar-refractivity contribution in [2.45, 2.75) is 35.8 Å². The van der Waals surface area contributed by atoms with Gasteiger partial charge in [0.1, 0.15) is 5.82 Å². The van der Waals surface area contributed by atoms with Crippen molar-refractivity contribution in [3.8, 4) is 6.07 Å². The molecule has 170 valence electrons. The lowest BCUT2D eigenvalue weighted by molar-refractivity contribution is -0.116. The summed E-state index contributed by atoms with van der Waals surface area (Å²) in [5, 5.41) is 12.3. The maximum atomic E-state index is 13.9. The highest BCUT2D eigenvalue weighted by Gasteiger charge is 2.43. The third kappa shape index (κ3) is 3.85. The zero-order chi connectivity index (χ0) is 23.7. The second-order valence-corrected chi connectivity index (χ2v) is 10.9. The number of carbonyl (C=O) groups is 1. The monoisotopic (exact) mass is 483 g/mol. The number of nitrogens with zero attached hydrogens (tertiary/aromatic N) is 2. The Kier molecular flexibility index (Phi) is 6.32. The van der Waals surface area contributed by atoms with Gasteiger partial charge in [-0.05, 0) is 52.8 Å². The first-order chi connectivity index (χ1) is 16.6. The number of Topliss-reactive ketones (excluding diaryl/α,β-unsaturated/α-hetero) is 1. The Hall–Kier alpha value is -3.27. The Bertz CT molecular complexity index is 1320. The molecule has 0 spiro atoms. The number of nitriles is 1. The van der Waals surface area contributed by atoms with Crippen LogP contribution in [-0.2, 0) is 4.79 Å². The first-order valence-corrected chi connectivity index (χ1v) is 13.3. The van der Waals surface area contributed by atoms with Crippen molar-refractivity contribution in [3.05, 3.63) is 106 Å². The van der Waals surface area contributed by atoms with Crippen LogP contribution in [0, 0.1) is 11.3 Å². The molecular weight excluding hydrogens is 458 g/mol. The smallest absolute Gasteiger partial charge is 0.162 e. The maximum Gasteiger partial charge on any atom is 0.162 e. The second kappa shape index (κ2) is 9.54. The van der Waals surface area contributed by atoms with Crippen LogP contribution in [0.5, 0.6) is 0 Å². The van der Waals surface area contributed by atoms with Crippen LogP contribution in [-0.4, -0.2) is 11.5 Å². The number of rotatable bonds is 5. The van der Waals surface area contributed by atoms with E-state index in [1.165, 1.54) is 0 Å². The molecule has 0 bridgehead atoms. The predicted octanol–water partition coefficient (Wildman–Crippen LogP) is 6.56. The SMILES string of the molecule is CCSc1sccc1[C@@H]1C(C#N)=C(N)N(c2ccccc2)C2=C1C(=O)C[C@H](c1ccccc1)C2. The Labute approximate surface area is 208 Å². The average molecular weight is 484 g/mol. The molecule has 2 atom stereocenters. The summed E-state index contributed by atoms with van der Waals surface area (Å²) in [6, 6.07) is 24.5. The number of thiophene rings is 1. The molecular formula is C28H25N3OS2. The van der Waals surface area contributed by atoms with E-state index < -0.39 is 5.92 Å². The minimum absolute atomic E-state index is 0.0720. The summed E-state index contributed by atoms with van der Waals surface area (Å²) in [4.78, 5) is 15.8. The number of thioether (sulfide) groups is 1. The van der Waals surface area contributed by atoms with Gasteiger partial charge in [0.25, 0.3) is 0 Å². The van der Waals surface area contributed by atoms with Crippen LogP contribution in [0.1, 0.15) is 42.7 Å². The third-order valence-corrected chi connectivity index (χ3v) is 8.65. The Morgan fingerprint density at radius 3 is 2.47 bits per heavy atom. The number of carbonyl (C=O) groups excluding carboxylic acids is 1. The molecule has 3 aromatic rings. The highest BCUT2D eigenvalue weighted by molar-refractivity contribution is 8.01. The number of anilines is 1. The van der Waals surface area contributed by atoms with Crippen molar-refractivity contribution in [1.29, 1.82) is 5.26 Å². The molecule has 1 aliphatic carbocycles. The summed E-state index contributed by atoms with van der Waals surface area (Å²) in [6.45, 7) is 2.11. The number of hydrogen-bond acceptors (Lipinski definition) is 6. The van der Waals surface area contributed by atoms with Crippen LogP contribution in [0.25, 0.3) is 0 Å². The van der Waals surface area contributed by atoms with Gasteiger partial charge in [-0.15, -0.1) is 23.1 Å². The average Bonchev–Trinajstić information content (AvgIpc) is 3.32. The van der Waals surface area contributed by atoms with Crippen LogP contribution >= 0.6 is 23.1 Å². The highest BCUT2D eigenvalue weighted by Crippen LogP contribution is 2.51. The fraction of sp³-hybridized carbons (Fsp3) is 0.214. The number of ketones is 1. The molecule has 0 saturated heterocycles. The van der Waals surface area contributed by atoms with Crippen molar-refractivity contribution in [2.24, 2.45) is 5.73 Å². The summed E-state index contributed by atoms with van der Waals surface area (Å²) in [5.41, 5.74) is 11.9. The lowest BCUT2D eigenvalue weighted by atomic mass is 9.72. The van der Waals surface area contributed by atoms with Crippen LogP contribution in [0.2, 0.25) is 0 Å². The molecule has 5 rings (SSSR count). The first kappa shape index (κ1) is 22.5. The molecule has 6 heteroatoms. The predicted molar refractivity (Wildman–Crippen MR) is 140 cm³/mol. The normalized spacial score (nSPS) is 20.4. The zero-order valence-electron chi connectivity index (χ0n) is 18.9. The molecule has 0 amide bonds. The van der Waals surface area contributed by atoms with Crippen molar-refractivity contribution in [3.63, 3.8) is 0 Å². The van der Waals surface area contributed by atoms with Crippen LogP contribution in [0.3, 0.4) is 0 Å². The van der Waals surface area contributed by atoms with E-state index in [1.54, 1.807) is 23.1 Å². The van der Waals surface area contributed by atoms with E-state index in [9.17, 15) is 10.1 Å². The number of nitrogens with two attached hydrogens (primary N) is 1. The van der Waals surface area contributed by atoms with Gasteiger partial charge in [-0.25, -0.2) is 0 Å². The molecule has 1 aromatic heterocycles. The minimum Gasteiger partial charge on any atom is -0.384 e. The Morgan fingerprint density at radius 2 is 1.79 bits per heavy atom. The number of allylic oxidation sites excluding steroid dienone is 3. The quantitative estimate of drug-likeness (QED) is 0.416. The molecule has 2 aromatic carbocycles. The fourth-order valence-corrected chi connectivity index (χ4v) is 7.11. The van der Waals surface area contributed by atoms with Gasteiger partial charge in [0.2, 0.25) is 0 Å². The lowest BCUT2D eigenvalue weighted by Crippen LogP contribution is -2.40. The van der Waals surface area contributed by atoms with Gasteiger partial charge in [-0.1, -0.05) is 55.5 Å². The summed E-state index contributed by atoms with van der Waals surface area (Å²) in [5.74, 6) is 1.08. The van der Waals surface area contributed by atoms with Crippen molar-refractivity contribution < 1.29 is 4.79 Å². The Morgan fingerprint density at radius 1 is 1.09 bits per heavy atom. The van der Waals surface area contributed by atoms with Gasteiger partial charge >= 0.3 is 0 Å². The van der Waals surface area contributed by atoms with Crippen molar-refractivity contribution in [2.75, 3.05) is 10.7 Å². The van der Waals surface area contributed by atoms with E-state index >= 15 is 0 Å². The minimum atomic E-state index is -0.426. The molecule has 2 aliphatic rings. The molecule has 0 radical (unpaired) electrons. The standard InChI is InChI=1S/C28H25N3OS2/c1-2-33-28-21(13-14-34-28)25-22(17-29)27(30)31(20-11-7-4-8-12-20)23-15-19(16-24(32)26(23)25)18-9-5-3-6-10-18/h3-14,19,25H,2,15-16,30H2,1H3/t19-,25-/m1/s1. The fourth-order valence-electron chi connectivity index (χ4n) is 5.04. The largest absolute Gasteiger partial charge is 0.384 e. The van der Waals surface area contributed by atoms with Crippen LogP contribution < -0.4 is 10.6 Å². The van der Waals surface area contributed by atoms with Gasteiger partial charge in [0.05, 0.1) is 21.8 Å². The van der Waals surface area contributed by atoms with Gasteiger partial charge < -0.3 is 5.73 Å². The number of benzene rings is 2. The van der Waals surface area contributed by atoms with E-state index in [-0.39, 0.29) is 11.7 Å². The van der Waals surface area contributed by atoms with Gasteiger partial charge in [-0.3, -0.25) is 9.69 Å². The Balaban J connectivity index is 1.72. The number of para-hydroxylation sites is 1. The van der Waals surface area contributed by atoms with Gasteiger partial charge in [0, 0.05) is 23.4 Å². The third-order valence-electron chi connectivity index (χ3n) is 6.50. The van der Waals surface area contributed by atoms with Crippen molar-refractivity contribution >= 4 is 34.6 Å². The summed E-state index contributed by atoms with van der Waals surface area (Å²) in [7, 11) is 0. The van der Waals surface area contributed by atoms with Gasteiger partial charge in [0.15, 0.2) is 5.78 Å². The zero-order valence-corrected chi connectivity index (χ0v) is 20.5. The van der Waals surface area contributed by atoms with Crippen LogP contribution in [0.4, 0.5) is 5.69 Å². The topological polar surface area (TPSA) is 70.1 Å². The molecule has 0 fully saturated rings. The van der Waals surface area contributed by atoms with Gasteiger partial charge in [-0.2, -0.15) is 5.26 Å². The van der Waals surface area contributed by atoms with Crippen LogP contribution in [0.15, 0.2) is 99.0 Å². The van der Waals surface area contributed by atoms with E-state index in [1.807, 2.05) is 58.8 Å². The molecule has 2 N–H and O–H groups in total. The summed E-state index contributed by atoms with van der Waals surface area (Å²) in [6.07, 6.45) is 1.12. The maximum absolute atomic E-state index is 13.9. The molecule has 0 unspecified atom stereocenters. The van der Waals surface area contributed by atoms with E-state index in [4.69, 9.17) is 5.73 Å². The highest BCUT2D eigenvalue weighted by atomic mass is 32.2. The second-order valence-electron chi connectivity index (χ2n) is 8.41. The molecule has 2 heterocycles. The molecule has 1 aliphatic heterocycles. The lowest BCUT2D eigenvalue weighted by Gasteiger charge is -2.41. The van der Waals surface area contributed by atoms with E-state index in [0.29, 0.717) is 24.2 Å². The number of hydrogen-bond donors (Lipinski definition) is 1. The summed E-state index contributed by atoms with van der Waals surface area (Å²) >= 11 is 3.41. The van der Waals surface area contributed by atoms with E-state index in [0.717, 1.165) is 38.0 Å². The first-order valence-electron chi connectivity index (χ1n) is 11.4. The molecule has 0 saturated carbocycles. The summed E-state index contributed by atoms with van der Waals surface area (Å²) < 4.78 is 1.14. The molecule has 34 heavy (non-hydrogen) atoms.